The van der Waals surface area contributed by atoms with E-state index in [-0.39, 0.29) is 118 Å². The number of carbonyl (C=O) groups is 8. The molecule has 0 saturated carbocycles. The number of amides is 4. The Balaban J connectivity index is 0.000000146. The number of nitrogens with zero attached hydrogens (tertiary/aromatic N) is 1. The molecular weight excluding hydrogens is 1530 g/mol. The minimum Gasteiger partial charge on any atom is -0.375 e. The molecule has 13 rings (SSSR count). The van der Waals surface area contributed by atoms with Gasteiger partial charge < -0.3 is 46.6 Å². The summed E-state index contributed by atoms with van der Waals surface area (Å²) in [4.78, 5) is 102. The van der Waals surface area contributed by atoms with Gasteiger partial charge in [-0.15, -0.1) is 0 Å². The highest BCUT2D eigenvalue weighted by Gasteiger charge is 2.53. The lowest BCUT2D eigenvalue weighted by atomic mass is 9.87. The number of benzene rings is 8. The van der Waals surface area contributed by atoms with Gasteiger partial charge in [-0.2, -0.15) is 0 Å². The monoisotopic (exact) mass is 1580 g/mol. The molecule has 0 bridgehead atoms. The Labute approximate surface area is 623 Å². The minimum absolute atomic E-state index is 0.0535. The molecule has 8 N–H and O–H groups in total. The minimum atomic E-state index is -3.40. The molecule has 31 heteroatoms. The Bertz CT molecular complexity index is 4780. The Morgan fingerprint density at radius 2 is 0.588 bits per heavy atom. The van der Waals surface area contributed by atoms with Gasteiger partial charge in [0, 0.05) is 95.9 Å². The molecule has 21 nitrogen and oxygen atoms in total. The van der Waals surface area contributed by atoms with Crippen molar-refractivity contribution >= 4 is 188 Å². The van der Waals surface area contributed by atoms with Gasteiger partial charge in [-0.3, -0.25) is 38.4 Å². The van der Waals surface area contributed by atoms with Gasteiger partial charge in [0.05, 0.1) is 78.3 Å². The number of ketones is 4. The fourth-order valence-electron chi connectivity index (χ4n) is 11.6. The SMILES string of the molecule is CC(C)c1ccc(C(=O)CC2(O)C(=O)Nc3c(Cl)ccc(Cl)c32)cc1.CS(=O)(=O)c1ccc(C(=O)CC2(O)C(=O)Nc3c(Cl)ccc(Cl)c32)cc1.CS(=O)(=O)c1ccc(C(=O)CC2(O)C(=O)Nc3c(Cl)ccc(Cl)c32)cc1.O=C(CC1(O)C(=O)Nc2c(Cl)ccc(Cl)c21)c1ccc(N2CC2)cc1. The van der Waals surface area contributed by atoms with Crippen LogP contribution in [0, 0.1) is 0 Å². The smallest absolute Gasteiger partial charge is 0.261 e. The third-order valence-electron chi connectivity index (χ3n) is 17.3. The predicted molar refractivity (Wildman–Crippen MR) is 390 cm³/mol. The molecule has 0 spiro atoms. The number of rotatable bonds is 16. The third kappa shape index (κ3) is 15.4. The van der Waals surface area contributed by atoms with E-state index in [2.05, 4.69) is 40.0 Å². The zero-order valence-electron chi connectivity index (χ0n) is 53.7. The molecule has 4 atom stereocenters. The van der Waals surface area contributed by atoms with Crippen molar-refractivity contribution in [3.05, 3.63) is 236 Å². The van der Waals surface area contributed by atoms with Gasteiger partial charge in [0.1, 0.15) is 0 Å². The number of anilines is 5. The van der Waals surface area contributed by atoms with Crippen molar-refractivity contribution in [2.75, 3.05) is 51.8 Å². The molecule has 102 heavy (non-hydrogen) atoms. The quantitative estimate of drug-likeness (QED) is 0.0329. The Morgan fingerprint density at radius 3 is 0.804 bits per heavy atom. The van der Waals surface area contributed by atoms with Gasteiger partial charge in [0.15, 0.2) is 65.2 Å². The maximum atomic E-state index is 12.6. The lowest BCUT2D eigenvalue weighted by Gasteiger charge is -2.21. The van der Waals surface area contributed by atoms with E-state index >= 15 is 0 Å². The first-order valence-corrected chi connectivity index (χ1v) is 37.3. The second-order valence-corrected chi connectivity index (χ2v) is 32.0. The van der Waals surface area contributed by atoms with Gasteiger partial charge in [-0.1, -0.05) is 155 Å². The van der Waals surface area contributed by atoms with E-state index in [4.69, 9.17) is 92.8 Å². The van der Waals surface area contributed by atoms with Gasteiger partial charge in [-0.25, -0.2) is 16.8 Å². The van der Waals surface area contributed by atoms with Gasteiger partial charge in [0.25, 0.3) is 23.6 Å². The summed E-state index contributed by atoms with van der Waals surface area (Å²) in [5.41, 5.74) is -3.80. The molecule has 5 aliphatic heterocycles. The van der Waals surface area contributed by atoms with Crippen LogP contribution in [0.3, 0.4) is 0 Å². The molecule has 8 aromatic rings. The van der Waals surface area contributed by atoms with Crippen LogP contribution in [0.25, 0.3) is 0 Å². The summed E-state index contributed by atoms with van der Waals surface area (Å²) in [5, 5.41) is 55.0. The normalized spacial score (nSPS) is 19.6. The van der Waals surface area contributed by atoms with Crippen molar-refractivity contribution in [1.29, 1.82) is 0 Å². The first kappa shape index (κ1) is 76.8. The van der Waals surface area contributed by atoms with Crippen molar-refractivity contribution in [1.82, 2.24) is 0 Å². The summed E-state index contributed by atoms with van der Waals surface area (Å²) in [6, 6.07) is 36.6. The van der Waals surface area contributed by atoms with Crippen molar-refractivity contribution in [2.45, 2.75) is 77.6 Å². The molecule has 1 saturated heterocycles. The van der Waals surface area contributed by atoms with E-state index in [1.54, 1.807) is 24.3 Å². The van der Waals surface area contributed by atoms with Crippen LogP contribution in [0.15, 0.2) is 155 Å². The first-order chi connectivity index (χ1) is 47.7. The van der Waals surface area contributed by atoms with Crippen molar-refractivity contribution < 1.29 is 75.6 Å². The molecule has 4 unspecified atom stereocenters. The van der Waals surface area contributed by atoms with Crippen molar-refractivity contribution in [3.8, 4) is 0 Å². The van der Waals surface area contributed by atoms with Crippen LogP contribution in [-0.4, -0.2) is 110 Å². The Hall–Kier alpha value is -7.82. The zero-order valence-corrected chi connectivity index (χ0v) is 61.3. The first-order valence-electron chi connectivity index (χ1n) is 30.5. The predicted octanol–water partition coefficient (Wildman–Crippen LogP) is 13.4. The molecule has 4 amide bonds. The number of carbonyl (C=O) groups excluding carboxylic acids is 8. The number of halogens is 8. The largest absolute Gasteiger partial charge is 0.375 e. The Morgan fingerprint density at radius 1 is 0.373 bits per heavy atom. The number of hydrogen-bond donors (Lipinski definition) is 8. The summed E-state index contributed by atoms with van der Waals surface area (Å²) >= 11 is 48.7. The van der Waals surface area contributed by atoms with Crippen LogP contribution in [0.4, 0.5) is 28.4 Å². The average molecular weight is 1580 g/mol. The van der Waals surface area contributed by atoms with E-state index in [1.165, 1.54) is 97.1 Å². The maximum Gasteiger partial charge on any atom is 0.261 e. The fraction of sp³-hybridized carbons (Fsp3) is 0.211. The zero-order chi connectivity index (χ0) is 74.7. The Kier molecular flexibility index (Phi) is 22.1. The topological polar surface area (TPSA) is 337 Å². The molecule has 5 heterocycles. The van der Waals surface area contributed by atoms with E-state index < -0.39 is 103 Å². The van der Waals surface area contributed by atoms with E-state index in [0.29, 0.717) is 17.0 Å². The van der Waals surface area contributed by atoms with Crippen molar-refractivity contribution in [2.24, 2.45) is 0 Å². The van der Waals surface area contributed by atoms with Crippen LogP contribution in [0.1, 0.15) is 115 Å². The number of aliphatic hydroxyl groups is 4. The lowest BCUT2D eigenvalue weighted by Crippen LogP contribution is -2.36. The molecule has 0 radical (unpaired) electrons. The molecule has 0 aromatic heterocycles. The van der Waals surface area contributed by atoms with Crippen LogP contribution in [0.2, 0.25) is 40.2 Å². The average Bonchev–Trinajstić information content (AvgIpc) is 1.61. The molecule has 0 aliphatic carbocycles. The van der Waals surface area contributed by atoms with Gasteiger partial charge in [0.2, 0.25) is 0 Å². The number of nitrogens with one attached hydrogen (secondary N) is 4. The lowest BCUT2D eigenvalue weighted by molar-refractivity contribution is -0.133. The molecule has 1 fully saturated rings. The summed E-state index contributed by atoms with van der Waals surface area (Å²) in [6.45, 7) is 6.16. The van der Waals surface area contributed by atoms with Gasteiger partial charge in [-0.05, 0) is 109 Å². The summed E-state index contributed by atoms with van der Waals surface area (Å²) in [6.07, 6.45) is 0.159. The molecule has 8 aromatic carbocycles. The van der Waals surface area contributed by atoms with Crippen LogP contribution in [-0.2, 0) is 61.3 Å². The van der Waals surface area contributed by atoms with E-state index in [1.807, 2.05) is 24.3 Å². The second-order valence-electron chi connectivity index (χ2n) is 24.7. The standard InChI is InChI=1S/C19H17Cl2NO3.C18H14Cl2N2O3.2C17H13Cl2NO5S/c1-10(2)11-3-5-12(6-4-11)15(23)9-19(25)16-13(20)7-8-14(21)17(16)22-18(19)24;19-12-5-6-13(20)16-15(12)18(25,17(24)21-16)9-14(23)10-1-3-11(4-2-10)22-7-8-22;2*1-26(24,25)10-4-2-9(3-5-10)13(21)8-17(23)14-11(18)6-7-12(19)15(14)20-16(17)22/h3-8,10,25H,9H2,1-2H3,(H,22,24);1-6,25H,7-9H2,(H,21,24);2*2-7,23H,8H2,1H3,(H,20,22). The second kappa shape index (κ2) is 29.4. The number of fused-ring (bicyclic) bond motifs is 4. The summed E-state index contributed by atoms with van der Waals surface area (Å²) < 4.78 is 46.0. The highest BCUT2D eigenvalue weighted by molar-refractivity contribution is 7.91. The number of hydrogen-bond acceptors (Lipinski definition) is 17. The van der Waals surface area contributed by atoms with Crippen LogP contribution in [0.5, 0.6) is 0 Å². The fourth-order valence-corrected chi connectivity index (χ4v) is 15.0. The summed E-state index contributed by atoms with van der Waals surface area (Å²) in [7, 11) is -6.79. The highest BCUT2D eigenvalue weighted by Crippen LogP contribution is 2.51. The molecule has 5 aliphatic rings. The van der Waals surface area contributed by atoms with E-state index in [0.717, 1.165) is 36.9 Å². The van der Waals surface area contributed by atoms with Crippen LogP contribution >= 0.6 is 92.8 Å². The van der Waals surface area contributed by atoms with Crippen molar-refractivity contribution in [3.63, 3.8) is 0 Å². The number of sulfone groups is 2. The van der Waals surface area contributed by atoms with Gasteiger partial charge >= 0.3 is 0 Å². The van der Waals surface area contributed by atoms with E-state index in [9.17, 15) is 75.6 Å². The maximum absolute atomic E-state index is 12.6. The summed E-state index contributed by atoms with van der Waals surface area (Å²) in [5.74, 6) is -4.46. The number of Topliss-reactive ketones (excluding diaryl/α,β-unsaturated/α-hetero) is 4. The third-order valence-corrected chi connectivity index (χ3v) is 22.1. The van der Waals surface area contributed by atoms with Crippen LogP contribution < -0.4 is 26.2 Å². The molecule has 530 valence electrons. The highest BCUT2D eigenvalue weighted by atomic mass is 35.5. The molecular formula is C71H57Cl8N5O16S2.